The molecule has 0 saturated carbocycles. The van der Waals surface area contributed by atoms with E-state index in [2.05, 4.69) is 262 Å². The summed E-state index contributed by atoms with van der Waals surface area (Å²) in [5.74, 6) is 0. The van der Waals surface area contributed by atoms with Gasteiger partial charge in [0.1, 0.15) is 0 Å². The third-order valence-corrected chi connectivity index (χ3v) is 18.3. The van der Waals surface area contributed by atoms with Gasteiger partial charge >= 0.3 is 0 Å². The summed E-state index contributed by atoms with van der Waals surface area (Å²) in [4.78, 5) is 0. The van der Waals surface area contributed by atoms with Gasteiger partial charge in [-0.3, -0.25) is 0 Å². The van der Waals surface area contributed by atoms with Crippen LogP contribution in [0.5, 0.6) is 0 Å². The lowest BCUT2D eigenvalue weighted by Gasteiger charge is -2.35. The number of hydrogen-bond donors (Lipinski definition) is 0. The highest BCUT2D eigenvalue weighted by Crippen LogP contribution is 2.40. The Bertz CT molecular complexity index is 3840. The SMILES string of the molecule is c1ccc(-n2c3ccccc3c3ccc([Si](c4ccccc4)(c4ccccc4)c4cccc(-n5c6ccccc6c6cc7c(cc65)c5ccccc5n7-c5ccccc5)c4)cc32)cc1. The molecule has 0 N–H and O–H groups in total. The van der Waals surface area contributed by atoms with Crippen LogP contribution in [0.1, 0.15) is 0 Å². The standard InChI is InChI=1S/C60H41N3Si/c1-5-20-42(21-6-1)61-55-33-16-13-30-49(55)52-37-36-48(39-58(52)61)64(45-25-9-3-10-26-45,46-27-11-4-12-28-46)47-29-19-24-44(38-47)63-57-35-18-15-32-51(57)54-40-59-53(41-60(54)63)50-31-14-17-34-56(50)62(59)43-22-7-2-8-23-43/h1-41H. The Labute approximate surface area is 372 Å². The Morgan fingerprint density at radius 2 is 0.547 bits per heavy atom. The van der Waals surface area contributed by atoms with Gasteiger partial charge in [0.15, 0.2) is 8.07 Å². The molecule has 64 heavy (non-hydrogen) atoms. The molecule has 4 heteroatoms. The van der Waals surface area contributed by atoms with Crippen LogP contribution in [0.15, 0.2) is 249 Å². The van der Waals surface area contributed by atoms with Gasteiger partial charge in [-0.25, -0.2) is 0 Å². The van der Waals surface area contributed by atoms with E-state index in [1.54, 1.807) is 0 Å². The molecule has 0 aliphatic rings. The molecule has 0 spiro atoms. The van der Waals surface area contributed by atoms with Gasteiger partial charge in [-0.05, 0) is 93.5 Å². The highest BCUT2D eigenvalue weighted by atomic mass is 28.3. The fourth-order valence-electron chi connectivity index (χ4n) is 10.9. The number of hydrogen-bond acceptors (Lipinski definition) is 0. The van der Waals surface area contributed by atoms with E-state index in [-0.39, 0.29) is 0 Å². The maximum atomic E-state index is 2.51. The second kappa shape index (κ2) is 14.5. The molecular weight excluding hydrogens is 791 g/mol. The quantitative estimate of drug-likeness (QED) is 0.112. The zero-order valence-electron chi connectivity index (χ0n) is 35.0. The Hall–Kier alpha value is -8.18. The maximum Gasteiger partial charge on any atom is 0.179 e. The third-order valence-electron chi connectivity index (χ3n) is 13.6. The summed E-state index contributed by atoms with van der Waals surface area (Å²) >= 11 is 0. The molecule has 0 amide bonds. The zero-order chi connectivity index (χ0) is 42.2. The van der Waals surface area contributed by atoms with Crippen molar-refractivity contribution in [3.05, 3.63) is 249 Å². The van der Waals surface area contributed by atoms with Crippen LogP contribution in [-0.4, -0.2) is 21.8 Å². The average Bonchev–Trinajstić information content (AvgIpc) is 4.00. The van der Waals surface area contributed by atoms with Gasteiger partial charge in [0.25, 0.3) is 0 Å². The summed E-state index contributed by atoms with van der Waals surface area (Å²) in [7, 11) is -3.01. The molecule has 3 aromatic heterocycles. The molecular formula is C60H41N3Si. The largest absolute Gasteiger partial charge is 0.309 e. The molecule has 300 valence electrons. The normalized spacial score (nSPS) is 12.1. The average molecular weight is 832 g/mol. The lowest BCUT2D eigenvalue weighted by molar-refractivity contribution is 1.18. The molecule has 3 nitrogen and oxygen atoms in total. The predicted octanol–water partition coefficient (Wildman–Crippen LogP) is 12.4. The van der Waals surface area contributed by atoms with Crippen LogP contribution in [0.4, 0.5) is 0 Å². The Kier molecular flexibility index (Phi) is 8.23. The Morgan fingerprint density at radius 3 is 1.05 bits per heavy atom. The van der Waals surface area contributed by atoms with Gasteiger partial charge in [0.2, 0.25) is 0 Å². The van der Waals surface area contributed by atoms with Crippen molar-refractivity contribution in [2.75, 3.05) is 0 Å². The number of aromatic nitrogens is 3. The lowest BCUT2D eigenvalue weighted by atomic mass is 10.1. The van der Waals surface area contributed by atoms with Crippen LogP contribution >= 0.6 is 0 Å². The smallest absolute Gasteiger partial charge is 0.179 e. The summed E-state index contributed by atoms with van der Waals surface area (Å²) in [6.45, 7) is 0. The molecule has 0 aliphatic heterocycles. The van der Waals surface area contributed by atoms with Crippen LogP contribution in [0.25, 0.3) is 82.5 Å². The van der Waals surface area contributed by atoms with Crippen LogP contribution in [0.2, 0.25) is 0 Å². The van der Waals surface area contributed by atoms with Crippen molar-refractivity contribution in [1.29, 1.82) is 0 Å². The predicted molar refractivity (Wildman–Crippen MR) is 273 cm³/mol. The summed E-state index contributed by atoms with van der Waals surface area (Å²) in [5.41, 5.74) is 10.7. The van der Waals surface area contributed by atoms with Gasteiger partial charge in [-0.15, -0.1) is 0 Å². The molecule has 10 aromatic carbocycles. The maximum absolute atomic E-state index is 3.01. The van der Waals surface area contributed by atoms with E-state index in [9.17, 15) is 0 Å². The van der Waals surface area contributed by atoms with Crippen molar-refractivity contribution in [3.63, 3.8) is 0 Å². The molecule has 3 heterocycles. The second-order valence-corrected chi connectivity index (χ2v) is 20.7. The van der Waals surface area contributed by atoms with E-state index in [1.807, 2.05) is 0 Å². The van der Waals surface area contributed by atoms with Crippen LogP contribution in [-0.2, 0) is 0 Å². The minimum atomic E-state index is -3.01. The first-order chi connectivity index (χ1) is 31.8. The highest BCUT2D eigenvalue weighted by molar-refractivity contribution is 7.20. The van der Waals surface area contributed by atoms with Gasteiger partial charge in [-0.2, -0.15) is 0 Å². The number of rotatable bonds is 7. The van der Waals surface area contributed by atoms with Crippen molar-refractivity contribution in [3.8, 4) is 17.1 Å². The summed E-state index contributed by atoms with van der Waals surface area (Å²) in [6.07, 6.45) is 0. The molecule has 0 fully saturated rings. The monoisotopic (exact) mass is 831 g/mol. The fourth-order valence-corrected chi connectivity index (χ4v) is 15.7. The number of nitrogens with zero attached hydrogens (tertiary/aromatic N) is 3. The van der Waals surface area contributed by atoms with Gasteiger partial charge < -0.3 is 13.7 Å². The molecule has 0 saturated heterocycles. The summed E-state index contributed by atoms with van der Waals surface area (Å²) in [5, 5.41) is 12.8. The first kappa shape index (κ1) is 36.5. The van der Waals surface area contributed by atoms with Crippen LogP contribution in [0.3, 0.4) is 0 Å². The lowest BCUT2D eigenvalue weighted by Crippen LogP contribution is -2.74. The zero-order valence-corrected chi connectivity index (χ0v) is 36.0. The van der Waals surface area contributed by atoms with Crippen LogP contribution < -0.4 is 20.7 Å². The van der Waals surface area contributed by atoms with Crippen molar-refractivity contribution in [1.82, 2.24) is 13.7 Å². The molecule has 0 aliphatic carbocycles. The topological polar surface area (TPSA) is 14.8 Å². The minimum absolute atomic E-state index is 1.15. The van der Waals surface area contributed by atoms with E-state index >= 15 is 0 Å². The van der Waals surface area contributed by atoms with Crippen LogP contribution in [0, 0.1) is 0 Å². The first-order valence-electron chi connectivity index (χ1n) is 22.1. The minimum Gasteiger partial charge on any atom is -0.309 e. The molecule has 0 atom stereocenters. The fraction of sp³-hybridized carbons (Fsp3) is 0. The van der Waals surface area contributed by atoms with Crippen molar-refractivity contribution in [2.45, 2.75) is 0 Å². The Morgan fingerprint density at radius 1 is 0.203 bits per heavy atom. The van der Waals surface area contributed by atoms with Crippen molar-refractivity contribution >= 4 is 94.2 Å². The first-order valence-corrected chi connectivity index (χ1v) is 24.1. The number of benzene rings is 10. The Balaban J connectivity index is 1.11. The highest BCUT2D eigenvalue weighted by Gasteiger charge is 2.42. The molecule has 13 rings (SSSR count). The van der Waals surface area contributed by atoms with Gasteiger partial charge in [0, 0.05) is 49.4 Å². The van der Waals surface area contributed by atoms with E-state index < -0.39 is 8.07 Å². The van der Waals surface area contributed by atoms with E-state index in [0.717, 1.165) is 17.1 Å². The van der Waals surface area contributed by atoms with E-state index in [0.29, 0.717) is 0 Å². The summed E-state index contributed by atoms with van der Waals surface area (Å²) in [6, 6.07) is 92.5. The second-order valence-electron chi connectivity index (χ2n) is 16.9. The van der Waals surface area contributed by atoms with E-state index in [4.69, 9.17) is 0 Å². The van der Waals surface area contributed by atoms with E-state index in [1.165, 1.54) is 86.2 Å². The van der Waals surface area contributed by atoms with Crippen molar-refractivity contribution in [2.24, 2.45) is 0 Å². The van der Waals surface area contributed by atoms with Gasteiger partial charge in [0.05, 0.1) is 33.1 Å². The number of para-hydroxylation sites is 5. The van der Waals surface area contributed by atoms with Gasteiger partial charge in [-0.1, -0.05) is 176 Å². The van der Waals surface area contributed by atoms with Crippen molar-refractivity contribution < 1.29 is 0 Å². The number of fused-ring (bicyclic) bond motifs is 9. The third kappa shape index (κ3) is 5.33. The summed E-state index contributed by atoms with van der Waals surface area (Å²) < 4.78 is 7.38. The molecule has 13 aromatic rings. The molecule has 0 radical (unpaired) electrons. The molecule has 0 bridgehead atoms. The molecule has 0 unspecified atom stereocenters.